The Labute approximate surface area is 118 Å². The van der Waals surface area contributed by atoms with E-state index in [9.17, 15) is 18.0 Å². The van der Waals surface area contributed by atoms with Crippen LogP contribution in [0.5, 0.6) is 0 Å². The number of methoxy groups -OCH3 is 1. The molecule has 0 radical (unpaired) electrons. The standard InChI is InChI=1S/C12H21NO6S/c1-8(2)9(10(14)15)13-20(17,18)7-12(5-4-6-12)11(16)19-3/h8-9,13H,4-7H2,1-3H3,(H,14,15)/t9-/m0/s1. The molecule has 0 aliphatic heterocycles. The number of rotatable bonds is 7. The van der Waals surface area contributed by atoms with Crippen molar-refractivity contribution in [2.45, 2.75) is 39.2 Å². The molecule has 1 atom stereocenters. The quantitative estimate of drug-likeness (QED) is 0.657. The van der Waals surface area contributed by atoms with Gasteiger partial charge in [0.15, 0.2) is 0 Å². The predicted octanol–water partition coefficient (Wildman–Crippen LogP) is 0.358. The fourth-order valence-electron chi connectivity index (χ4n) is 2.30. The maximum absolute atomic E-state index is 12.1. The summed E-state index contributed by atoms with van der Waals surface area (Å²) in [6, 6.07) is -1.20. The lowest BCUT2D eigenvalue weighted by Crippen LogP contribution is -2.51. The minimum atomic E-state index is -3.88. The second-order valence-corrected chi connectivity index (χ2v) is 7.32. The molecule has 1 aliphatic carbocycles. The molecule has 8 heteroatoms. The summed E-state index contributed by atoms with van der Waals surface area (Å²) in [6.45, 7) is 3.22. The highest BCUT2D eigenvalue weighted by atomic mass is 32.2. The summed E-state index contributed by atoms with van der Waals surface area (Å²) in [4.78, 5) is 22.8. The average Bonchev–Trinajstić information content (AvgIpc) is 2.29. The number of carboxylic acids is 1. The molecule has 2 N–H and O–H groups in total. The van der Waals surface area contributed by atoms with E-state index in [1.165, 1.54) is 7.11 Å². The van der Waals surface area contributed by atoms with Gasteiger partial charge in [0, 0.05) is 0 Å². The SMILES string of the molecule is COC(=O)C1(CS(=O)(=O)N[C@H](C(=O)O)C(C)C)CCC1. The molecular weight excluding hydrogens is 286 g/mol. The van der Waals surface area contributed by atoms with Crippen molar-refractivity contribution in [1.29, 1.82) is 0 Å². The van der Waals surface area contributed by atoms with Crippen LogP contribution < -0.4 is 4.72 Å². The maximum Gasteiger partial charge on any atom is 0.321 e. The van der Waals surface area contributed by atoms with E-state index in [4.69, 9.17) is 5.11 Å². The lowest BCUT2D eigenvalue weighted by molar-refractivity contribution is -0.156. The van der Waals surface area contributed by atoms with Crippen LogP contribution in [0.15, 0.2) is 0 Å². The second-order valence-electron chi connectivity index (χ2n) is 5.56. The molecule has 1 fully saturated rings. The Hall–Kier alpha value is -1.15. The first-order valence-electron chi connectivity index (χ1n) is 6.45. The third-order valence-electron chi connectivity index (χ3n) is 3.63. The van der Waals surface area contributed by atoms with Gasteiger partial charge in [0.05, 0.1) is 18.3 Å². The van der Waals surface area contributed by atoms with E-state index in [-0.39, 0.29) is 0 Å². The van der Waals surface area contributed by atoms with E-state index in [0.29, 0.717) is 12.8 Å². The van der Waals surface area contributed by atoms with Crippen molar-refractivity contribution in [3.63, 3.8) is 0 Å². The smallest absolute Gasteiger partial charge is 0.321 e. The molecule has 0 aromatic rings. The lowest BCUT2D eigenvalue weighted by Gasteiger charge is -2.38. The number of hydrogen-bond donors (Lipinski definition) is 2. The number of sulfonamides is 1. The highest BCUT2D eigenvalue weighted by Gasteiger charge is 2.49. The van der Waals surface area contributed by atoms with Gasteiger partial charge in [0.25, 0.3) is 0 Å². The first kappa shape index (κ1) is 16.9. The maximum atomic E-state index is 12.1. The van der Waals surface area contributed by atoms with Crippen LogP contribution >= 0.6 is 0 Å². The molecule has 0 saturated heterocycles. The van der Waals surface area contributed by atoms with Gasteiger partial charge in [-0.1, -0.05) is 20.3 Å². The van der Waals surface area contributed by atoms with Gasteiger partial charge in [-0.15, -0.1) is 0 Å². The molecule has 20 heavy (non-hydrogen) atoms. The van der Waals surface area contributed by atoms with Crippen LogP contribution in [0.1, 0.15) is 33.1 Å². The first-order valence-corrected chi connectivity index (χ1v) is 8.10. The van der Waals surface area contributed by atoms with E-state index in [0.717, 1.165) is 6.42 Å². The molecule has 0 aromatic heterocycles. The number of ether oxygens (including phenoxy) is 1. The van der Waals surface area contributed by atoms with Gasteiger partial charge in [-0.05, 0) is 18.8 Å². The number of aliphatic carboxylic acids is 1. The average molecular weight is 307 g/mol. The van der Waals surface area contributed by atoms with Crippen molar-refractivity contribution in [2.24, 2.45) is 11.3 Å². The number of esters is 1. The minimum absolute atomic E-state index is 0.391. The summed E-state index contributed by atoms with van der Waals surface area (Å²) in [5.74, 6) is -2.60. The van der Waals surface area contributed by atoms with Crippen molar-refractivity contribution >= 4 is 22.0 Å². The molecule has 1 saturated carbocycles. The van der Waals surface area contributed by atoms with Gasteiger partial charge in [0.2, 0.25) is 10.0 Å². The molecule has 116 valence electrons. The Bertz CT molecular complexity index is 480. The van der Waals surface area contributed by atoms with Crippen LogP contribution in [-0.2, 0) is 24.3 Å². The minimum Gasteiger partial charge on any atom is -0.480 e. The molecule has 7 nitrogen and oxygen atoms in total. The largest absolute Gasteiger partial charge is 0.480 e. The predicted molar refractivity (Wildman–Crippen MR) is 71.5 cm³/mol. The molecule has 0 amide bonds. The van der Waals surface area contributed by atoms with Crippen LogP contribution in [0.25, 0.3) is 0 Å². The van der Waals surface area contributed by atoms with Gasteiger partial charge in [-0.25, -0.2) is 13.1 Å². The van der Waals surface area contributed by atoms with Crippen LogP contribution in [0.3, 0.4) is 0 Å². The Morgan fingerprint density at radius 1 is 1.35 bits per heavy atom. The molecule has 1 rings (SSSR count). The van der Waals surface area contributed by atoms with Gasteiger partial charge in [0.1, 0.15) is 6.04 Å². The van der Waals surface area contributed by atoms with E-state index in [2.05, 4.69) is 9.46 Å². The van der Waals surface area contributed by atoms with Crippen molar-refractivity contribution < 1.29 is 27.9 Å². The van der Waals surface area contributed by atoms with E-state index < -0.39 is 45.1 Å². The third kappa shape index (κ3) is 3.69. The molecule has 0 bridgehead atoms. The van der Waals surface area contributed by atoms with Crippen molar-refractivity contribution in [1.82, 2.24) is 4.72 Å². The van der Waals surface area contributed by atoms with Crippen molar-refractivity contribution in [3.05, 3.63) is 0 Å². The van der Waals surface area contributed by atoms with Crippen LogP contribution in [0.4, 0.5) is 0 Å². The highest BCUT2D eigenvalue weighted by molar-refractivity contribution is 7.89. The number of hydrogen-bond acceptors (Lipinski definition) is 5. The summed E-state index contributed by atoms with van der Waals surface area (Å²) in [7, 11) is -2.66. The second kappa shape index (κ2) is 6.09. The summed E-state index contributed by atoms with van der Waals surface area (Å²) < 4.78 is 31.0. The molecule has 0 unspecified atom stereocenters. The van der Waals surface area contributed by atoms with Gasteiger partial charge < -0.3 is 9.84 Å². The fourth-order valence-corrected chi connectivity index (χ4v) is 4.28. The number of carboxylic acid groups (broad SMARTS) is 1. The van der Waals surface area contributed by atoms with Crippen LogP contribution in [0, 0.1) is 11.3 Å². The summed E-state index contributed by atoms with van der Waals surface area (Å²) in [6.07, 6.45) is 1.65. The topological polar surface area (TPSA) is 110 Å². The zero-order chi connectivity index (χ0) is 15.6. The zero-order valence-electron chi connectivity index (χ0n) is 11.9. The first-order chi connectivity index (χ1) is 9.13. The molecule has 0 heterocycles. The summed E-state index contributed by atoms with van der Waals surface area (Å²) in [5, 5.41) is 9.01. The normalized spacial score (nSPS) is 19.2. The Morgan fingerprint density at radius 3 is 2.20 bits per heavy atom. The molecule has 0 aromatic carbocycles. The Morgan fingerprint density at radius 2 is 1.90 bits per heavy atom. The van der Waals surface area contributed by atoms with Crippen molar-refractivity contribution in [3.8, 4) is 0 Å². The fraction of sp³-hybridized carbons (Fsp3) is 0.833. The van der Waals surface area contributed by atoms with E-state index in [1.807, 2.05) is 0 Å². The lowest BCUT2D eigenvalue weighted by atomic mass is 9.70. The van der Waals surface area contributed by atoms with Crippen LogP contribution in [-0.4, -0.2) is 44.4 Å². The van der Waals surface area contributed by atoms with Gasteiger partial charge >= 0.3 is 11.9 Å². The van der Waals surface area contributed by atoms with E-state index in [1.54, 1.807) is 13.8 Å². The Kier molecular flexibility index (Phi) is 5.15. The monoisotopic (exact) mass is 307 g/mol. The van der Waals surface area contributed by atoms with Gasteiger partial charge in [-0.3, -0.25) is 9.59 Å². The van der Waals surface area contributed by atoms with E-state index >= 15 is 0 Å². The number of nitrogens with one attached hydrogen (secondary N) is 1. The highest BCUT2D eigenvalue weighted by Crippen LogP contribution is 2.43. The van der Waals surface area contributed by atoms with Crippen LogP contribution in [0.2, 0.25) is 0 Å². The third-order valence-corrected chi connectivity index (χ3v) is 5.18. The molecule has 0 spiro atoms. The molecule has 1 aliphatic rings. The Balaban J connectivity index is 2.84. The summed E-state index contributed by atoms with van der Waals surface area (Å²) >= 11 is 0. The number of carbonyl (C=O) groups excluding carboxylic acids is 1. The number of carbonyl (C=O) groups is 2. The van der Waals surface area contributed by atoms with Gasteiger partial charge in [-0.2, -0.15) is 0 Å². The molecular formula is C12H21NO6S. The summed E-state index contributed by atoms with van der Waals surface area (Å²) in [5.41, 5.74) is -1.03. The zero-order valence-corrected chi connectivity index (χ0v) is 12.7. The van der Waals surface area contributed by atoms with Crippen molar-refractivity contribution in [2.75, 3.05) is 12.9 Å².